The maximum Gasteiger partial charge on any atom is 0.115 e. The Hall–Kier alpha value is -1.32. The number of nitrogens with zero attached hydrogens (tertiary/aromatic N) is 1. The first kappa shape index (κ1) is 14.1. The van der Waals surface area contributed by atoms with Crippen LogP contribution >= 0.6 is 0 Å². The second-order valence-electron chi connectivity index (χ2n) is 5.12. The lowest BCUT2D eigenvalue weighted by Crippen LogP contribution is -2.38. The van der Waals surface area contributed by atoms with E-state index in [4.69, 9.17) is 4.74 Å². The molecule has 0 saturated carbocycles. The predicted octanol–water partition coefficient (Wildman–Crippen LogP) is 2.35. The van der Waals surface area contributed by atoms with E-state index in [2.05, 4.69) is 29.2 Å². The van der Waals surface area contributed by atoms with Crippen LogP contribution in [0.1, 0.15) is 25.0 Å². The number of β-amino-alcohol motifs (C(OH)–C–C–N with tert-alkyl or cyclic N) is 1. The molecule has 1 aromatic carbocycles. The van der Waals surface area contributed by atoms with E-state index in [-0.39, 0.29) is 0 Å². The fourth-order valence-corrected chi connectivity index (χ4v) is 2.37. The summed E-state index contributed by atoms with van der Waals surface area (Å²) in [5, 5.41) is 10.00. The van der Waals surface area contributed by atoms with Gasteiger partial charge in [0.1, 0.15) is 12.7 Å². The quantitative estimate of drug-likeness (QED) is 0.826. The first-order valence-corrected chi connectivity index (χ1v) is 6.92. The summed E-state index contributed by atoms with van der Waals surface area (Å²) in [4.78, 5) is 2.29. The van der Waals surface area contributed by atoms with Crippen molar-refractivity contribution >= 4 is 0 Å². The molecule has 1 heterocycles. The molecule has 1 aromatic rings. The molecule has 1 aliphatic rings. The number of aliphatic hydroxyl groups is 1. The molecule has 0 spiro atoms. The van der Waals surface area contributed by atoms with Crippen molar-refractivity contribution in [3.8, 4) is 0 Å². The van der Waals surface area contributed by atoms with E-state index in [0.717, 1.165) is 25.3 Å². The lowest BCUT2D eigenvalue weighted by Gasteiger charge is -2.30. The van der Waals surface area contributed by atoms with E-state index < -0.39 is 6.10 Å². The lowest BCUT2D eigenvalue weighted by atomic mass is 10.00. The average Bonchev–Trinajstić information content (AvgIpc) is 2.44. The summed E-state index contributed by atoms with van der Waals surface area (Å²) in [5.74, 6) is 0.864. The van der Waals surface area contributed by atoms with Crippen LogP contribution < -0.4 is 0 Å². The van der Waals surface area contributed by atoms with Crippen LogP contribution in [0.5, 0.6) is 0 Å². The van der Waals surface area contributed by atoms with Crippen molar-refractivity contribution in [2.45, 2.75) is 32.9 Å². The van der Waals surface area contributed by atoms with Gasteiger partial charge in [0.05, 0.1) is 5.76 Å². The zero-order valence-corrected chi connectivity index (χ0v) is 11.8. The molecular weight excluding hydrogens is 238 g/mol. The molecule has 1 aliphatic heterocycles. The van der Waals surface area contributed by atoms with Crippen molar-refractivity contribution in [3.63, 3.8) is 0 Å². The molecule has 1 unspecified atom stereocenters. The Morgan fingerprint density at radius 3 is 2.89 bits per heavy atom. The SMILES string of the molecule is CC=C(C)OCC(O)CN1CCc2ccccc2C1. The van der Waals surface area contributed by atoms with E-state index in [1.54, 1.807) is 0 Å². The highest BCUT2D eigenvalue weighted by atomic mass is 16.5. The van der Waals surface area contributed by atoms with Crippen LogP contribution in [-0.2, 0) is 17.7 Å². The smallest absolute Gasteiger partial charge is 0.115 e. The highest BCUT2D eigenvalue weighted by Gasteiger charge is 2.18. The van der Waals surface area contributed by atoms with Gasteiger partial charge in [0.2, 0.25) is 0 Å². The van der Waals surface area contributed by atoms with E-state index in [1.165, 1.54) is 11.1 Å². The van der Waals surface area contributed by atoms with Gasteiger partial charge in [-0.2, -0.15) is 0 Å². The Kier molecular flexibility index (Phi) is 5.00. The van der Waals surface area contributed by atoms with Gasteiger partial charge in [0, 0.05) is 19.6 Å². The number of rotatable bonds is 5. The van der Waals surface area contributed by atoms with Crippen molar-refractivity contribution < 1.29 is 9.84 Å². The number of hydrogen-bond acceptors (Lipinski definition) is 3. The van der Waals surface area contributed by atoms with Gasteiger partial charge in [0.15, 0.2) is 0 Å². The number of aliphatic hydroxyl groups excluding tert-OH is 1. The maximum atomic E-state index is 10.00. The van der Waals surface area contributed by atoms with Gasteiger partial charge in [-0.1, -0.05) is 30.3 Å². The van der Waals surface area contributed by atoms with Crippen LogP contribution in [0.3, 0.4) is 0 Å². The van der Waals surface area contributed by atoms with E-state index in [9.17, 15) is 5.11 Å². The van der Waals surface area contributed by atoms with Crippen LogP contribution in [0.4, 0.5) is 0 Å². The molecule has 2 rings (SSSR count). The zero-order valence-electron chi connectivity index (χ0n) is 11.8. The molecule has 3 nitrogen and oxygen atoms in total. The third-order valence-corrected chi connectivity index (χ3v) is 3.59. The van der Waals surface area contributed by atoms with Crippen molar-refractivity contribution in [3.05, 3.63) is 47.2 Å². The third kappa shape index (κ3) is 4.08. The van der Waals surface area contributed by atoms with Crippen LogP contribution in [0.2, 0.25) is 0 Å². The molecule has 19 heavy (non-hydrogen) atoms. The van der Waals surface area contributed by atoms with Gasteiger partial charge in [-0.05, 0) is 31.4 Å². The summed E-state index contributed by atoms with van der Waals surface area (Å²) in [5.41, 5.74) is 2.82. The summed E-state index contributed by atoms with van der Waals surface area (Å²) in [6.45, 7) is 6.82. The topological polar surface area (TPSA) is 32.7 Å². The second kappa shape index (κ2) is 6.73. The Balaban J connectivity index is 1.82. The van der Waals surface area contributed by atoms with Gasteiger partial charge < -0.3 is 9.84 Å². The first-order chi connectivity index (χ1) is 9.19. The normalized spacial score (nSPS) is 17.9. The summed E-state index contributed by atoms with van der Waals surface area (Å²) < 4.78 is 5.45. The fourth-order valence-electron chi connectivity index (χ4n) is 2.37. The first-order valence-electron chi connectivity index (χ1n) is 6.92. The van der Waals surface area contributed by atoms with E-state index >= 15 is 0 Å². The number of allylic oxidation sites excluding steroid dienone is 2. The summed E-state index contributed by atoms with van der Waals surface area (Å²) >= 11 is 0. The van der Waals surface area contributed by atoms with Crippen LogP contribution in [-0.4, -0.2) is 35.8 Å². The fraction of sp³-hybridized carbons (Fsp3) is 0.500. The molecule has 1 N–H and O–H groups in total. The third-order valence-electron chi connectivity index (χ3n) is 3.59. The summed E-state index contributed by atoms with van der Waals surface area (Å²) in [7, 11) is 0. The highest BCUT2D eigenvalue weighted by molar-refractivity contribution is 5.29. The molecule has 1 atom stereocenters. The van der Waals surface area contributed by atoms with Gasteiger partial charge in [0.25, 0.3) is 0 Å². The standard InChI is InChI=1S/C16H23NO2/c1-3-13(2)19-12-16(18)11-17-9-8-14-6-4-5-7-15(14)10-17/h3-7,16,18H,8-12H2,1-2H3. The monoisotopic (exact) mass is 261 g/mol. The highest BCUT2D eigenvalue weighted by Crippen LogP contribution is 2.18. The molecule has 0 bridgehead atoms. The zero-order chi connectivity index (χ0) is 13.7. The molecule has 3 heteroatoms. The molecule has 0 saturated heterocycles. The van der Waals surface area contributed by atoms with Gasteiger partial charge in [-0.3, -0.25) is 4.90 Å². The molecule has 0 amide bonds. The Morgan fingerprint density at radius 2 is 2.16 bits per heavy atom. The molecule has 0 radical (unpaired) electrons. The van der Waals surface area contributed by atoms with Crippen molar-refractivity contribution in [2.75, 3.05) is 19.7 Å². The summed E-state index contributed by atoms with van der Waals surface area (Å²) in [6.07, 6.45) is 2.54. The van der Waals surface area contributed by atoms with Gasteiger partial charge in [-0.25, -0.2) is 0 Å². The Labute approximate surface area is 115 Å². The van der Waals surface area contributed by atoms with Crippen molar-refractivity contribution in [1.29, 1.82) is 0 Å². The molecular formula is C16H23NO2. The predicted molar refractivity (Wildman–Crippen MR) is 76.8 cm³/mol. The number of benzene rings is 1. The van der Waals surface area contributed by atoms with Crippen LogP contribution in [0.25, 0.3) is 0 Å². The second-order valence-corrected chi connectivity index (χ2v) is 5.12. The van der Waals surface area contributed by atoms with Crippen LogP contribution in [0, 0.1) is 0 Å². The minimum absolute atomic E-state index is 0.369. The minimum Gasteiger partial charge on any atom is -0.496 e. The minimum atomic E-state index is -0.430. The average molecular weight is 261 g/mol. The van der Waals surface area contributed by atoms with Gasteiger partial charge in [-0.15, -0.1) is 0 Å². The maximum absolute atomic E-state index is 10.00. The van der Waals surface area contributed by atoms with E-state index in [1.807, 2.05) is 19.9 Å². The van der Waals surface area contributed by atoms with Crippen molar-refractivity contribution in [2.24, 2.45) is 0 Å². The molecule has 0 fully saturated rings. The Morgan fingerprint density at radius 1 is 1.42 bits per heavy atom. The van der Waals surface area contributed by atoms with E-state index in [0.29, 0.717) is 13.2 Å². The van der Waals surface area contributed by atoms with Gasteiger partial charge >= 0.3 is 0 Å². The lowest BCUT2D eigenvalue weighted by molar-refractivity contribution is 0.0398. The summed E-state index contributed by atoms with van der Waals surface area (Å²) in [6, 6.07) is 8.55. The molecule has 0 aliphatic carbocycles. The largest absolute Gasteiger partial charge is 0.496 e. The molecule has 0 aromatic heterocycles. The number of hydrogen-bond donors (Lipinski definition) is 1. The van der Waals surface area contributed by atoms with Crippen LogP contribution in [0.15, 0.2) is 36.1 Å². The Bertz CT molecular complexity index is 442. The molecule has 104 valence electrons. The number of ether oxygens (including phenoxy) is 1. The van der Waals surface area contributed by atoms with Crippen molar-refractivity contribution in [1.82, 2.24) is 4.90 Å². The number of fused-ring (bicyclic) bond motifs is 1.